The summed E-state index contributed by atoms with van der Waals surface area (Å²) in [5.41, 5.74) is 3.44. The fraction of sp³-hybridized carbons (Fsp3) is 0.568. The SMILES string of the molecule is COC(=O)[C@H]1CCCN1CCCCOc1cc2oc3cc(OCCCCN4CCC[C@@H]4C(=O)OC)c(OC)c(CC=C(C)C)c3c(=O)c2c(O)c1CC=C(C)C. The topological polar surface area (TPSA) is 137 Å². The van der Waals surface area contributed by atoms with E-state index in [1.165, 1.54) is 14.2 Å². The van der Waals surface area contributed by atoms with Gasteiger partial charge in [0.05, 0.1) is 39.9 Å². The molecule has 2 fully saturated rings. The smallest absolute Gasteiger partial charge is 0.323 e. The van der Waals surface area contributed by atoms with E-state index in [9.17, 15) is 19.5 Å². The van der Waals surface area contributed by atoms with Crippen LogP contribution in [0, 0.1) is 0 Å². The second kappa shape index (κ2) is 20.0. The number of methoxy groups -OCH3 is 3. The lowest BCUT2D eigenvalue weighted by molar-refractivity contribution is -0.146. The molecule has 0 radical (unpaired) electrons. The van der Waals surface area contributed by atoms with Crippen LogP contribution in [-0.4, -0.2) is 99.7 Å². The molecule has 1 N–H and O–H groups in total. The zero-order valence-corrected chi connectivity index (χ0v) is 34.3. The number of carbonyl (C=O) groups excluding carboxylic acids is 2. The zero-order valence-electron chi connectivity index (χ0n) is 34.3. The average molecular weight is 777 g/mol. The molecule has 0 spiro atoms. The summed E-state index contributed by atoms with van der Waals surface area (Å²) < 4.78 is 35.0. The van der Waals surface area contributed by atoms with Crippen molar-refractivity contribution in [1.82, 2.24) is 9.80 Å². The van der Waals surface area contributed by atoms with E-state index in [4.69, 9.17) is 28.1 Å². The van der Waals surface area contributed by atoms with E-state index < -0.39 is 0 Å². The molecule has 2 aliphatic heterocycles. The number of fused-ring (bicyclic) bond motifs is 2. The highest BCUT2D eigenvalue weighted by atomic mass is 16.5. The van der Waals surface area contributed by atoms with Gasteiger partial charge in [-0.1, -0.05) is 23.3 Å². The van der Waals surface area contributed by atoms with E-state index in [0.29, 0.717) is 65.4 Å². The van der Waals surface area contributed by atoms with Gasteiger partial charge in [0.1, 0.15) is 40.1 Å². The summed E-state index contributed by atoms with van der Waals surface area (Å²) in [5, 5.41) is 12.2. The Bertz CT molecular complexity index is 1970. The van der Waals surface area contributed by atoms with E-state index in [0.717, 1.165) is 88.7 Å². The molecule has 2 aromatic carbocycles. The van der Waals surface area contributed by atoms with Crippen molar-refractivity contribution in [2.45, 2.75) is 104 Å². The summed E-state index contributed by atoms with van der Waals surface area (Å²) in [6, 6.07) is 3.02. The first-order chi connectivity index (χ1) is 27.0. The number of benzene rings is 2. The van der Waals surface area contributed by atoms with Gasteiger partial charge >= 0.3 is 11.9 Å². The number of allylic oxidation sites excluding steroid dienone is 4. The van der Waals surface area contributed by atoms with Gasteiger partial charge < -0.3 is 33.2 Å². The summed E-state index contributed by atoms with van der Waals surface area (Å²) in [6.07, 6.45) is 11.5. The minimum Gasteiger partial charge on any atom is -0.507 e. The maximum absolute atomic E-state index is 14.5. The van der Waals surface area contributed by atoms with Gasteiger partial charge in [-0.15, -0.1) is 0 Å². The van der Waals surface area contributed by atoms with Crippen LogP contribution in [0.3, 0.4) is 0 Å². The Morgan fingerprint density at radius 3 is 1.77 bits per heavy atom. The molecule has 0 saturated carbocycles. The number of ether oxygens (including phenoxy) is 5. The summed E-state index contributed by atoms with van der Waals surface area (Å²) in [4.78, 5) is 43.3. The molecule has 0 aliphatic carbocycles. The Labute approximate surface area is 330 Å². The highest BCUT2D eigenvalue weighted by molar-refractivity contribution is 5.98. The molecule has 2 atom stereocenters. The number of hydrogen-bond acceptors (Lipinski definition) is 12. The van der Waals surface area contributed by atoms with Gasteiger partial charge in [-0.2, -0.15) is 0 Å². The standard InChI is InChI=1S/C44H60N2O10/c1-28(2)16-18-30-34(54-24-10-8-20-45-22-12-14-32(45)43(49)52-6)26-36-39(40(30)47)41(48)38-31(19-17-29(3)4)42(51-5)37(27-35(38)56-36)55-25-11-9-21-46-23-13-15-33(46)44(50)53-7/h16-17,26-27,32-33,47H,8-15,18-25H2,1-7H3/t32-,33-/m1/s1. The van der Waals surface area contributed by atoms with E-state index >= 15 is 0 Å². The fourth-order valence-corrected chi connectivity index (χ4v) is 7.86. The molecule has 56 heavy (non-hydrogen) atoms. The molecule has 2 aliphatic rings. The lowest BCUT2D eigenvalue weighted by Gasteiger charge is -2.22. The lowest BCUT2D eigenvalue weighted by Crippen LogP contribution is -2.37. The maximum atomic E-state index is 14.5. The molecule has 0 unspecified atom stereocenters. The van der Waals surface area contributed by atoms with Crippen LogP contribution >= 0.6 is 0 Å². The fourth-order valence-electron chi connectivity index (χ4n) is 7.86. The third-order valence-electron chi connectivity index (χ3n) is 10.8. The van der Waals surface area contributed by atoms with Gasteiger partial charge in [0.15, 0.2) is 11.5 Å². The third-order valence-corrected chi connectivity index (χ3v) is 10.8. The number of nitrogens with zero attached hydrogens (tertiary/aromatic N) is 2. The minimum absolute atomic E-state index is 0.0891. The second-order valence-electron chi connectivity index (χ2n) is 15.3. The Balaban J connectivity index is 1.43. The van der Waals surface area contributed by atoms with Crippen molar-refractivity contribution in [3.63, 3.8) is 0 Å². The number of aromatic hydroxyl groups is 1. The van der Waals surface area contributed by atoms with E-state index in [1.54, 1.807) is 19.2 Å². The Morgan fingerprint density at radius 2 is 1.25 bits per heavy atom. The largest absolute Gasteiger partial charge is 0.507 e. The number of esters is 2. The van der Waals surface area contributed by atoms with Crippen molar-refractivity contribution in [1.29, 1.82) is 0 Å². The number of likely N-dealkylation sites (tertiary alicyclic amines) is 2. The Kier molecular flexibility index (Phi) is 15.2. The molecule has 1 aromatic heterocycles. The highest BCUT2D eigenvalue weighted by Crippen LogP contribution is 2.42. The summed E-state index contributed by atoms with van der Waals surface area (Å²) >= 11 is 0. The summed E-state index contributed by atoms with van der Waals surface area (Å²) in [5.74, 6) is 0.825. The molecule has 12 nitrogen and oxygen atoms in total. The van der Waals surface area contributed by atoms with Crippen LogP contribution < -0.4 is 19.6 Å². The first kappa shape index (κ1) is 42.6. The Hall–Kier alpha value is -4.55. The molecule has 0 amide bonds. The van der Waals surface area contributed by atoms with Gasteiger partial charge in [-0.05, 0) is 118 Å². The number of phenolic OH excluding ortho intramolecular Hbond substituents is 1. The van der Waals surface area contributed by atoms with Crippen molar-refractivity contribution in [3.8, 4) is 23.0 Å². The molecule has 2 saturated heterocycles. The quantitative estimate of drug-likeness (QED) is 0.0568. The van der Waals surface area contributed by atoms with E-state index in [1.807, 2.05) is 39.8 Å². The molecular weight excluding hydrogens is 716 g/mol. The van der Waals surface area contributed by atoms with Gasteiger partial charge in [0.25, 0.3) is 0 Å². The number of hydrogen-bond donors (Lipinski definition) is 1. The maximum Gasteiger partial charge on any atom is 0.323 e. The number of unbranched alkanes of at least 4 members (excludes halogenated alkanes) is 2. The van der Waals surface area contributed by atoms with Crippen LogP contribution in [0.4, 0.5) is 0 Å². The second-order valence-corrected chi connectivity index (χ2v) is 15.3. The summed E-state index contributed by atoms with van der Waals surface area (Å²) in [6.45, 7) is 12.0. The molecule has 12 heteroatoms. The molecule has 0 bridgehead atoms. The third kappa shape index (κ3) is 10.1. The first-order valence-corrected chi connectivity index (χ1v) is 20.0. The highest BCUT2D eigenvalue weighted by Gasteiger charge is 2.32. The molecule has 3 aromatic rings. The van der Waals surface area contributed by atoms with Crippen LogP contribution in [0.1, 0.15) is 90.2 Å². The van der Waals surface area contributed by atoms with Crippen LogP contribution in [0.5, 0.6) is 23.0 Å². The predicted octanol–water partition coefficient (Wildman–Crippen LogP) is 7.27. The summed E-state index contributed by atoms with van der Waals surface area (Å²) in [7, 11) is 4.42. The van der Waals surface area contributed by atoms with E-state index in [-0.39, 0.29) is 46.2 Å². The van der Waals surface area contributed by atoms with Crippen LogP contribution in [0.25, 0.3) is 21.9 Å². The van der Waals surface area contributed by atoms with Crippen molar-refractivity contribution in [3.05, 3.63) is 56.8 Å². The lowest BCUT2D eigenvalue weighted by atomic mass is 9.98. The van der Waals surface area contributed by atoms with Crippen LogP contribution in [0.2, 0.25) is 0 Å². The van der Waals surface area contributed by atoms with Crippen molar-refractivity contribution < 1.29 is 42.8 Å². The monoisotopic (exact) mass is 776 g/mol. The first-order valence-electron chi connectivity index (χ1n) is 20.0. The number of phenols is 1. The Morgan fingerprint density at radius 1 is 0.750 bits per heavy atom. The van der Waals surface area contributed by atoms with Crippen molar-refractivity contribution >= 4 is 33.9 Å². The number of rotatable bonds is 19. The average Bonchev–Trinajstić information content (AvgIpc) is 3.85. The minimum atomic E-state index is -0.359. The van der Waals surface area contributed by atoms with Crippen LogP contribution in [-0.2, 0) is 31.9 Å². The van der Waals surface area contributed by atoms with Crippen LogP contribution in [0.15, 0.2) is 44.6 Å². The van der Waals surface area contributed by atoms with Gasteiger partial charge in [0, 0.05) is 23.3 Å². The molecular formula is C44H60N2O10. The van der Waals surface area contributed by atoms with Gasteiger partial charge in [-0.25, -0.2) is 0 Å². The van der Waals surface area contributed by atoms with Gasteiger partial charge in [0.2, 0.25) is 5.43 Å². The van der Waals surface area contributed by atoms with E-state index in [2.05, 4.69) is 9.80 Å². The zero-order chi connectivity index (χ0) is 40.4. The normalized spacial score (nSPS) is 17.3. The number of carbonyl (C=O) groups is 2. The molecule has 5 rings (SSSR count). The molecule has 3 heterocycles. The molecule has 306 valence electrons. The van der Waals surface area contributed by atoms with Crippen molar-refractivity contribution in [2.75, 3.05) is 60.7 Å². The predicted molar refractivity (Wildman–Crippen MR) is 217 cm³/mol. The van der Waals surface area contributed by atoms with Crippen molar-refractivity contribution in [2.24, 2.45) is 0 Å². The van der Waals surface area contributed by atoms with Gasteiger partial charge in [-0.3, -0.25) is 24.2 Å².